The van der Waals surface area contributed by atoms with Crippen molar-refractivity contribution in [1.29, 1.82) is 0 Å². The predicted octanol–water partition coefficient (Wildman–Crippen LogP) is 1.90. The quantitative estimate of drug-likeness (QED) is 0.633. The molecule has 0 unspecified atom stereocenters. The van der Waals surface area contributed by atoms with E-state index in [1.807, 2.05) is 11.6 Å². The molecule has 0 saturated carbocycles. The summed E-state index contributed by atoms with van der Waals surface area (Å²) in [6.07, 6.45) is 1.78. The van der Waals surface area contributed by atoms with Gasteiger partial charge in [-0.15, -0.1) is 0 Å². The van der Waals surface area contributed by atoms with Crippen molar-refractivity contribution >= 4 is 16.6 Å². The molecule has 0 spiro atoms. The molecule has 2 rings (SSSR count). The zero-order chi connectivity index (χ0) is 8.72. The third kappa shape index (κ3) is 0.863. The number of aryl methyl sites for hydroxylation is 1. The molecular formula is C9H9FN2. The summed E-state index contributed by atoms with van der Waals surface area (Å²) in [5, 5.41) is 0.902. The number of aromatic nitrogens is 1. The molecule has 0 amide bonds. The molecule has 1 heterocycles. The number of halogens is 1. The first-order valence-electron chi connectivity index (χ1n) is 3.68. The number of nitrogens with two attached hydrogens (primary N) is 1. The number of hydrogen-bond acceptors (Lipinski definition) is 1. The van der Waals surface area contributed by atoms with Crippen LogP contribution in [0.3, 0.4) is 0 Å². The Morgan fingerprint density at radius 2 is 2.17 bits per heavy atom. The van der Waals surface area contributed by atoms with Crippen LogP contribution in [0.15, 0.2) is 24.4 Å². The minimum absolute atomic E-state index is 0.233. The lowest BCUT2D eigenvalue weighted by molar-refractivity contribution is 0.629. The van der Waals surface area contributed by atoms with E-state index < -0.39 is 0 Å². The van der Waals surface area contributed by atoms with Gasteiger partial charge in [0.15, 0.2) is 0 Å². The average Bonchev–Trinajstić information content (AvgIpc) is 2.28. The van der Waals surface area contributed by atoms with Crippen LogP contribution in [0, 0.1) is 5.82 Å². The average molecular weight is 164 g/mol. The summed E-state index contributed by atoms with van der Waals surface area (Å²) in [6.45, 7) is 0. The summed E-state index contributed by atoms with van der Waals surface area (Å²) >= 11 is 0. The summed E-state index contributed by atoms with van der Waals surface area (Å²) in [4.78, 5) is 0. The van der Waals surface area contributed by atoms with Crippen molar-refractivity contribution in [1.82, 2.24) is 4.57 Å². The first kappa shape index (κ1) is 7.16. The smallest absolute Gasteiger partial charge is 0.125 e. The van der Waals surface area contributed by atoms with Crippen molar-refractivity contribution in [2.24, 2.45) is 7.05 Å². The van der Waals surface area contributed by atoms with Gasteiger partial charge in [-0.05, 0) is 18.2 Å². The lowest BCUT2D eigenvalue weighted by Crippen LogP contribution is -1.83. The van der Waals surface area contributed by atoms with Gasteiger partial charge in [-0.25, -0.2) is 4.39 Å². The minimum Gasteiger partial charge on any atom is -0.397 e. The van der Waals surface area contributed by atoms with Crippen molar-refractivity contribution in [2.45, 2.75) is 0 Å². The molecule has 1 aromatic carbocycles. The SMILES string of the molecule is Cn1cc(N)c2ccc(F)cc21. The van der Waals surface area contributed by atoms with Crippen LogP contribution < -0.4 is 5.73 Å². The van der Waals surface area contributed by atoms with E-state index in [1.165, 1.54) is 12.1 Å². The number of nitrogens with zero attached hydrogens (tertiary/aromatic N) is 1. The Balaban J connectivity index is 2.90. The van der Waals surface area contributed by atoms with Gasteiger partial charge in [0.25, 0.3) is 0 Å². The van der Waals surface area contributed by atoms with Gasteiger partial charge >= 0.3 is 0 Å². The number of nitrogen functional groups attached to an aromatic ring is 1. The third-order valence-electron chi connectivity index (χ3n) is 1.98. The molecule has 0 atom stereocenters. The number of hydrogen-bond donors (Lipinski definition) is 1. The van der Waals surface area contributed by atoms with Gasteiger partial charge in [0, 0.05) is 18.6 Å². The second kappa shape index (κ2) is 2.24. The lowest BCUT2D eigenvalue weighted by atomic mass is 10.2. The largest absolute Gasteiger partial charge is 0.397 e. The molecule has 0 aliphatic rings. The topological polar surface area (TPSA) is 30.9 Å². The van der Waals surface area contributed by atoms with Crippen LogP contribution in [0.2, 0.25) is 0 Å². The molecule has 0 aliphatic heterocycles. The maximum atomic E-state index is 12.8. The highest BCUT2D eigenvalue weighted by Gasteiger charge is 2.03. The fourth-order valence-corrected chi connectivity index (χ4v) is 1.39. The van der Waals surface area contributed by atoms with Crippen molar-refractivity contribution in [3.8, 4) is 0 Å². The Morgan fingerprint density at radius 3 is 2.92 bits per heavy atom. The Hall–Kier alpha value is -1.51. The van der Waals surface area contributed by atoms with E-state index in [9.17, 15) is 4.39 Å². The van der Waals surface area contributed by atoms with Crippen molar-refractivity contribution in [2.75, 3.05) is 5.73 Å². The fourth-order valence-electron chi connectivity index (χ4n) is 1.39. The van der Waals surface area contributed by atoms with E-state index in [0.717, 1.165) is 10.9 Å². The van der Waals surface area contributed by atoms with Crippen LogP contribution in [-0.2, 0) is 7.05 Å². The molecule has 0 fully saturated rings. The van der Waals surface area contributed by atoms with Crippen LogP contribution in [-0.4, -0.2) is 4.57 Å². The van der Waals surface area contributed by atoms with Crippen molar-refractivity contribution in [3.63, 3.8) is 0 Å². The maximum Gasteiger partial charge on any atom is 0.125 e. The second-order valence-electron chi connectivity index (χ2n) is 2.86. The molecule has 12 heavy (non-hydrogen) atoms. The summed E-state index contributed by atoms with van der Waals surface area (Å²) in [7, 11) is 1.85. The molecule has 2 N–H and O–H groups in total. The zero-order valence-electron chi connectivity index (χ0n) is 6.71. The van der Waals surface area contributed by atoms with E-state index in [0.29, 0.717) is 5.69 Å². The monoisotopic (exact) mass is 164 g/mol. The van der Waals surface area contributed by atoms with Gasteiger partial charge in [-0.3, -0.25) is 0 Å². The standard InChI is InChI=1S/C9H9FN2/c1-12-5-8(11)7-3-2-6(10)4-9(7)12/h2-5H,11H2,1H3. The van der Waals surface area contributed by atoms with Crippen LogP contribution >= 0.6 is 0 Å². The van der Waals surface area contributed by atoms with Crippen LogP contribution in [0.25, 0.3) is 10.9 Å². The highest BCUT2D eigenvalue weighted by Crippen LogP contribution is 2.22. The van der Waals surface area contributed by atoms with Crippen molar-refractivity contribution in [3.05, 3.63) is 30.2 Å². The highest BCUT2D eigenvalue weighted by atomic mass is 19.1. The second-order valence-corrected chi connectivity index (χ2v) is 2.86. The van der Waals surface area contributed by atoms with Crippen LogP contribution in [0.1, 0.15) is 0 Å². The van der Waals surface area contributed by atoms with Gasteiger partial charge in [-0.2, -0.15) is 0 Å². The first-order valence-corrected chi connectivity index (χ1v) is 3.68. The minimum atomic E-state index is -0.233. The summed E-state index contributed by atoms with van der Waals surface area (Å²) in [5.74, 6) is -0.233. The normalized spacial score (nSPS) is 10.8. The first-order chi connectivity index (χ1) is 5.68. The van der Waals surface area contributed by atoms with Gasteiger partial charge in [0.2, 0.25) is 0 Å². The third-order valence-corrected chi connectivity index (χ3v) is 1.98. The summed E-state index contributed by atoms with van der Waals surface area (Å²) in [5.41, 5.74) is 7.20. The van der Waals surface area contributed by atoms with E-state index in [4.69, 9.17) is 5.73 Å². The predicted molar refractivity (Wildman–Crippen MR) is 47.3 cm³/mol. The number of benzene rings is 1. The maximum absolute atomic E-state index is 12.8. The molecule has 3 heteroatoms. The van der Waals surface area contributed by atoms with E-state index in [1.54, 1.807) is 12.3 Å². The molecule has 1 aromatic heterocycles. The van der Waals surface area contributed by atoms with Crippen LogP contribution in [0.4, 0.5) is 10.1 Å². The highest BCUT2D eigenvalue weighted by molar-refractivity contribution is 5.91. The molecule has 0 aliphatic carbocycles. The van der Waals surface area contributed by atoms with Gasteiger partial charge < -0.3 is 10.3 Å². The molecule has 2 aromatic rings. The molecule has 0 radical (unpaired) electrons. The van der Waals surface area contributed by atoms with Crippen molar-refractivity contribution < 1.29 is 4.39 Å². The Bertz CT molecular complexity index is 431. The van der Waals surface area contributed by atoms with E-state index >= 15 is 0 Å². The molecule has 0 saturated heterocycles. The lowest BCUT2D eigenvalue weighted by Gasteiger charge is -1.94. The zero-order valence-corrected chi connectivity index (χ0v) is 6.71. The Morgan fingerprint density at radius 1 is 1.42 bits per heavy atom. The van der Waals surface area contributed by atoms with Crippen LogP contribution in [0.5, 0.6) is 0 Å². The summed E-state index contributed by atoms with van der Waals surface area (Å²) in [6, 6.07) is 4.59. The van der Waals surface area contributed by atoms with E-state index in [2.05, 4.69) is 0 Å². The number of anilines is 1. The number of rotatable bonds is 0. The Labute approximate surface area is 69.4 Å². The van der Waals surface area contributed by atoms with Gasteiger partial charge in [0.1, 0.15) is 5.82 Å². The Kier molecular flexibility index (Phi) is 1.33. The summed E-state index contributed by atoms with van der Waals surface area (Å²) < 4.78 is 14.6. The molecule has 0 bridgehead atoms. The fraction of sp³-hybridized carbons (Fsp3) is 0.111. The molecular weight excluding hydrogens is 155 g/mol. The number of fused-ring (bicyclic) bond motifs is 1. The molecule has 62 valence electrons. The molecule has 2 nitrogen and oxygen atoms in total. The van der Waals surface area contributed by atoms with Gasteiger partial charge in [-0.1, -0.05) is 0 Å². The van der Waals surface area contributed by atoms with Gasteiger partial charge in [0.05, 0.1) is 11.2 Å². The van der Waals surface area contributed by atoms with E-state index in [-0.39, 0.29) is 5.82 Å².